The third-order valence-corrected chi connectivity index (χ3v) is 6.19. The van der Waals surface area contributed by atoms with Crippen molar-refractivity contribution in [2.45, 2.75) is 20.8 Å². The van der Waals surface area contributed by atoms with Gasteiger partial charge in [-0.25, -0.2) is 4.39 Å². The molecule has 0 atom stereocenters. The zero-order chi connectivity index (χ0) is 27.4. The fourth-order valence-electron chi connectivity index (χ4n) is 4.14. The Balaban J connectivity index is 1.85. The van der Waals surface area contributed by atoms with Crippen LogP contribution in [0.2, 0.25) is 0 Å². The fourth-order valence-corrected chi connectivity index (χ4v) is 4.14. The van der Waals surface area contributed by atoms with Gasteiger partial charge in [-0.15, -0.1) is 0 Å². The molecule has 0 bridgehead atoms. The summed E-state index contributed by atoms with van der Waals surface area (Å²) in [5.41, 5.74) is 3.49. The van der Waals surface area contributed by atoms with Gasteiger partial charge in [-0.3, -0.25) is 9.59 Å². The Morgan fingerprint density at radius 1 is 1.03 bits per heavy atom. The van der Waals surface area contributed by atoms with Gasteiger partial charge in [-0.2, -0.15) is 5.26 Å². The van der Waals surface area contributed by atoms with E-state index in [4.69, 9.17) is 4.42 Å². The molecule has 0 fully saturated rings. The van der Waals surface area contributed by atoms with Gasteiger partial charge in [0.2, 0.25) is 0 Å². The quantitative estimate of drug-likeness (QED) is 0.269. The molecule has 2 amide bonds. The van der Waals surface area contributed by atoms with Crippen LogP contribution in [0.3, 0.4) is 0 Å². The molecule has 7 nitrogen and oxygen atoms in total. The Labute approximate surface area is 220 Å². The van der Waals surface area contributed by atoms with Crippen molar-refractivity contribution in [2.24, 2.45) is 5.41 Å². The zero-order valence-corrected chi connectivity index (χ0v) is 21.7. The lowest BCUT2D eigenvalue weighted by Gasteiger charge is -2.16. The fraction of sp³-hybridized carbons (Fsp3) is 0.233. The van der Waals surface area contributed by atoms with Gasteiger partial charge >= 0.3 is 0 Å². The lowest BCUT2D eigenvalue weighted by molar-refractivity contribution is 0.0941. The molecule has 1 aromatic heterocycles. The van der Waals surface area contributed by atoms with E-state index in [0.717, 1.165) is 16.8 Å². The number of amides is 2. The first-order valence-electron chi connectivity index (χ1n) is 12.3. The van der Waals surface area contributed by atoms with Crippen LogP contribution in [0, 0.1) is 22.6 Å². The molecule has 0 spiro atoms. The maximum atomic E-state index is 13.6. The maximum Gasteiger partial charge on any atom is 0.255 e. The van der Waals surface area contributed by atoms with E-state index in [2.05, 4.69) is 22.0 Å². The predicted octanol–water partition coefficient (Wildman–Crippen LogP) is 5.98. The molecule has 8 heteroatoms. The molecule has 3 aromatic carbocycles. The lowest BCUT2D eigenvalue weighted by atomic mass is 9.95. The Kier molecular flexibility index (Phi) is 7.49. The number of rotatable bonds is 8. The number of nitrogens with one attached hydrogen (secondary N) is 3. The average Bonchev–Trinajstić information content (AvgIpc) is 3.30. The number of nitriles is 1. The highest BCUT2D eigenvalue weighted by Gasteiger charge is 2.24. The van der Waals surface area contributed by atoms with E-state index in [-0.39, 0.29) is 24.2 Å². The van der Waals surface area contributed by atoms with Crippen LogP contribution in [-0.2, 0) is 0 Å². The molecule has 0 radical (unpaired) electrons. The van der Waals surface area contributed by atoms with Crippen molar-refractivity contribution in [2.75, 3.05) is 25.5 Å². The molecule has 0 aliphatic heterocycles. The van der Waals surface area contributed by atoms with Gasteiger partial charge in [-0.05, 0) is 68.8 Å². The topological polar surface area (TPSA) is 107 Å². The van der Waals surface area contributed by atoms with Gasteiger partial charge in [0.15, 0.2) is 0 Å². The van der Waals surface area contributed by atoms with E-state index < -0.39 is 5.41 Å². The Morgan fingerprint density at radius 3 is 2.42 bits per heavy atom. The highest BCUT2D eigenvalue weighted by molar-refractivity contribution is 6.13. The average molecular weight is 513 g/mol. The summed E-state index contributed by atoms with van der Waals surface area (Å²) in [6.45, 7) is 6.35. The summed E-state index contributed by atoms with van der Waals surface area (Å²) in [5, 5.41) is 18.7. The Morgan fingerprint density at radius 2 is 1.76 bits per heavy atom. The SMILES string of the molecule is CCNc1cc2oc(-c3ccc(F)cc3)c(C(=O)NC)c2cc1-c1cccc(C(=O)NCC(C)(C)C#N)c1. The Hall–Kier alpha value is -4.64. The maximum absolute atomic E-state index is 13.6. The van der Waals surface area contributed by atoms with Gasteiger partial charge in [0.25, 0.3) is 11.8 Å². The molecule has 194 valence electrons. The van der Waals surface area contributed by atoms with Crippen LogP contribution in [-0.4, -0.2) is 32.0 Å². The van der Waals surface area contributed by atoms with Gasteiger partial charge in [0.1, 0.15) is 17.2 Å². The van der Waals surface area contributed by atoms with E-state index in [9.17, 15) is 19.2 Å². The van der Waals surface area contributed by atoms with Crippen molar-refractivity contribution in [3.05, 3.63) is 77.6 Å². The van der Waals surface area contributed by atoms with Crippen LogP contribution in [0.25, 0.3) is 33.4 Å². The number of furan rings is 1. The summed E-state index contributed by atoms with van der Waals surface area (Å²) < 4.78 is 19.7. The van der Waals surface area contributed by atoms with Crippen molar-refractivity contribution in [3.63, 3.8) is 0 Å². The van der Waals surface area contributed by atoms with Crippen LogP contribution < -0.4 is 16.0 Å². The summed E-state index contributed by atoms with van der Waals surface area (Å²) in [6, 6.07) is 18.8. The van der Waals surface area contributed by atoms with Crippen LogP contribution in [0.15, 0.2) is 65.1 Å². The smallest absolute Gasteiger partial charge is 0.255 e. The van der Waals surface area contributed by atoms with Crippen molar-refractivity contribution >= 4 is 28.5 Å². The number of hydrogen-bond acceptors (Lipinski definition) is 5. The molecule has 0 unspecified atom stereocenters. The lowest BCUT2D eigenvalue weighted by Crippen LogP contribution is -2.33. The molecule has 4 rings (SSSR count). The van der Waals surface area contributed by atoms with Gasteiger partial charge in [-0.1, -0.05) is 12.1 Å². The van der Waals surface area contributed by atoms with Crippen LogP contribution in [0.4, 0.5) is 10.1 Å². The summed E-state index contributed by atoms with van der Waals surface area (Å²) in [7, 11) is 1.54. The monoisotopic (exact) mass is 512 g/mol. The highest BCUT2D eigenvalue weighted by Crippen LogP contribution is 2.40. The highest BCUT2D eigenvalue weighted by atomic mass is 19.1. The largest absolute Gasteiger partial charge is 0.455 e. The molecule has 0 saturated carbocycles. The number of halogens is 1. The van der Waals surface area contributed by atoms with Gasteiger partial charge < -0.3 is 20.4 Å². The second-order valence-corrected chi connectivity index (χ2v) is 9.58. The molecule has 0 aliphatic carbocycles. The summed E-state index contributed by atoms with van der Waals surface area (Å²) in [4.78, 5) is 25.8. The predicted molar refractivity (Wildman–Crippen MR) is 146 cm³/mol. The number of nitrogens with zero attached hydrogens (tertiary/aromatic N) is 1. The second kappa shape index (κ2) is 10.8. The minimum Gasteiger partial charge on any atom is -0.455 e. The first-order chi connectivity index (χ1) is 18.2. The molecule has 0 saturated heterocycles. The van der Waals surface area contributed by atoms with E-state index >= 15 is 0 Å². The number of carbonyl (C=O) groups is 2. The minimum absolute atomic E-state index is 0.220. The van der Waals surface area contributed by atoms with E-state index in [0.29, 0.717) is 40.0 Å². The van der Waals surface area contributed by atoms with E-state index in [1.807, 2.05) is 25.1 Å². The summed E-state index contributed by atoms with van der Waals surface area (Å²) in [5.74, 6) is -0.664. The second-order valence-electron chi connectivity index (χ2n) is 9.58. The van der Waals surface area contributed by atoms with Crippen molar-refractivity contribution in [1.29, 1.82) is 5.26 Å². The van der Waals surface area contributed by atoms with E-state index in [1.165, 1.54) is 12.1 Å². The number of benzene rings is 3. The first kappa shape index (κ1) is 26.4. The molecule has 38 heavy (non-hydrogen) atoms. The minimum atomic E-state index is -0.684. The first-order valence-corrected chi connectivity index (χ1v) is 12.3. The number of hydrogen-bond donors (Lipinski definition) is 3. The molecule has 1 heterocycles. The number of carbonyl (C=O) groups excluding carboxylic acids is 2. The van der Waals surface area contributed by atoms with Crippen LogP contribution >= 0.6 is 0 Å². The normalized spacial score (nSPS) is 11.2. The standard InChI is InChI=1S/C30H29FN4O3/c1-5-34-24-15-25-23(26(29(37)33-4)27(38-25)18-9-11-21(31)12-10-18)14-22(24)19-7-6-8-20(13-19)28(36)35-17-30(2,3)16-32/h6-15,34H,5,17H2,1-4H3,(H,33,37)(H,35,36). The third-order valence-electron chi connectivity index (χ3n) is 6.19. The van der Waals surface area contributed by atoms with Crippen molar-refractivity contribution in [3.8, 4) is 28.5 Å². The van der Waals surface area contributed by atoms with Crippen molar-refractivity contribution < 1.29 is 18.4 Å². The Bertz CT molecular complexity index is 1550. The third kappa shape index (κ3) is 5.37. The zero-order valence-electron chi connectivity index (χ0n) is 21.7. The molecular formula is C30H29FN4O3. The molecule has 4 aromatic rings. The van der Waals surface area contributed by atoms with E-state index in [1.54, 1.807) is 51.2 Å². The summed E-state index contributed by atoms with van der Waals surface area (Å²) >= 11 is 0. The molecule has 0 aliphatic rings. The van der Waals surface area contributed by atoms with Gasteiger partial charge in [0.05, 0.1) is 17.0 Å². The van der Waals surface area contributed by atoms with Gasteiger partial charge in [0, 0.05) is 54.0 Å². The molecule has 3 N–H and O–H groups in total. The van der Waals surface area contributed by atoms with Crippen LogP contribution in [0.5, 0.6) is 0 Å². The molecular weight excluding hydrogens is 483 g/mol. The number of fused-ring (bicyclic) bond motifs is 1. The number of anilines is 1. The summed E-state index contributed by atoms with van der Waals surface area (Å²) in [6.07, 6.45) is 0. The van der Waals surface area contributed by atoms with Crippen molar-refractivity contribution in [1.82, 2.24) is 10.6 Å². The van der Waals surface area contributed by atoms with Crippen LogP contribution in [0.1, 0.15) is 41.5 Å².